The number of hydrogen-bond acceptors (Lipinski definition) is 7. The highest BCUT2D eigenvalue weighted by atomic mass is 16.7. The van der Waals surface area contributed by atoms with Crippen LogP contribution < -0.4 is 14.8 Å². The van der Waals surface area contributed by atoms with Crippen LogP contribution in [-0.2, 0) is 16.7 Å². The van der Waals surface area contributed by atoms with Crippen LogP contribution in [0.1, 0.15) is 24.1 Å². The van der Waals surface area contributed by atoms with Gasteiger partial charge in [0.15, 0.2) is 17.5 Å². The lowest BCUT2D eigenvalue weighted by Crippen LogP contribution is -2.54. The van der Waals surface area contributed by atoms with Gasteiger partial charge in [-0.25, -0.2) is 0 Å². The quantitative estimate of drug-likeness (QED) is 0.556. The van der Waals surface area contributed by atoms with E-state index in [1.165, 1.54) is 5.56 Å². The number of nitrogens with one attached hydrogen (secondary N) is 1. The molecule has 0 unspecified atom stereocenters. The van der Waals surface area contributed by atoms with E-state index < -0.39 is 0 Å². The van der Waals surface area contributed by atoms with E-state index in [0.717, 1.165) is 88.5 Å². The van der Waals surface area contributed by atoms with Gasteiger partial charge in [-0.2, -0.15) is 0 Å². The first-order valence-corrected chi connectivity index (χ1v) is 11.3. The molecule has 2 aromatic rings. The molecular formula is C23H31N5O4. The minimum absolute atomic E-state index is 0.0239. The Labute approximate surface area is 188 Å². The van der Waals surface area contributed by atoms with E-state index in [4.69, 9.17) is 18.7 Å². The summed E-state index contributed by atoms with van der Waals surface area (Å²) in [5.74, 6) is 2.61. The van der Waals surface area contributed by atoms with E-state index in [2.05, 4.69) is 37.4 Å². The SMILES string of the molecule is CN=C(NCC1(c2ccc3c(c2)OCO3)CCOCC1)N1CCN(Cc2ccon2)CC1. The molecule has 0 radical (unpaired) electrons. The molecule has 1 aromatic carbocycles. The molecule has 3 aliphatic rings. The molecule has 0 amide bonds. The van der Waals surface area contributed by atoms with Crippen LogP contribution in [-0.4, -0.2) is 80.7 Å². The van der Waals surface area contributed by atoms with Crippen molar-refractivity contribution in [1.29, 1.82) is 0 Å². The summed E-state index contributed by atoms with van der Waals surface area (Å²) in [4.78, 5) is 9.33. The number of aliphatic imine (C=N–C) groups is 1. The van der Waals surface area contributed by atoms with Gasteiger partial charge >= 0.3 is 0 Å². The number of ether oxygens (including phenoxy) is 3. The molecule has 3 aliphatic heterocycles. The largest absolute Gasteiger partial charge is 0.454 e. The third-order valence-electron chi connectivity index (χ3n) is 6.78. The van der Waals surface area contributed by atoms with Crippen molar-refractivity contribution in [3.63, 3.8) is 0 Å². The Bertz CT molecular complexity index is 918. The van der Waals surface area contributed by atoms with Crippen molar-refractivity contribution in [2.24, 2.45) is 4.99 Å². The molecule has 0 bridgehead atoms. The zero-order valence-electron chi connectivity index (χ0n) is 18.6. The minimum Gasteiger partial charge on any atom is -0.454 e. The van der Waals surface area contributed by atoms with E-state index in [1.54, 1.807) is 6.26 Å². The maximum atomic E-state index is 5.70. The van der Waals surface area contributed by atoms with Crippen LogP contribution in [0.4, 0.5) is 0 Å². The molecule has 5 rings (SSSR count). The number of hydrogen-bond donors (Lipinski definition) is 1. The predicted octanol–water partition coefficient (Wildman–Crippen LogP) is 1.84. The van der Waals surface area contributed by atoms with Gasteiger partial charge in [-0.3, -0.25) is 9.89 Å². The lowest BCUT2D eigenvalue weighted by atomic mass is 9.74. The fraction of sp³-hybridized carbons (Fsp3) is 0.565. The first-order chi connectivity index (χ1) is 15.8. The van der Waals surface area contributed by atoms with Crippen LogP contribution in [0.25, 0.3) is 0 Å². The zero-order chi connectivity index (χ0) is 21.8. The third-order valence-corrected chi connectivity index (χ3v) is 6.78. The van der Waals surface area contributed by atoms with Gasteiger partial charge in [-0.05, 0) is 30.5 Å². The Kier molecular flexibility index (Phi) is 6.18. The van der Waals surface area contributed by atoms with Crippen LogP contribution in [0.3, 0.4) is 0 Å². The summed E-state index contributed by atoms with van der Waals surface area (Å²) >= 11 is 0. The van der Waals surface area contributed by atoms with Gasteiger partial charge < -0.3 is 29.0 Å². The average Bonchev–Trinajstić information content (AvgIpc) is 3.52. The highest BCUT2D eigenvalue weighted by Crippen LogP contribution is 2.40. The highest BCUT2D eigenvalue weighted by molar-refractivity contribution is 5.80. The van der Waals surface area contributed by atoms with Crippen molar-refractivity contribution in [3.8, 4) is 11.5 Å². The number of guanidine groups is 1. The summed E-state index contributed by atoms with van der Waals surface area (Å²) in [5.41, 5.74) is 2.22. The lowest BCUT2D eigenvalue weighted by Gasteiger charge is -2.40. The van der Waals surface area contributed by atoms with Gasteiger partial charge in [0.2, 0.25) is 6.79 Å². The molecule has 0 aliphatic carbocycles. The number of nitrogens with zero attached hydrogens (tertiary/aromatic N) is 4. The summed E-state index contributed by atoms with van der Waals surface area (Å²) in [6.45, 7) is 7.23. The van der Waals surface area contributed by atoms with E-state index in [1.807, 2.05) is 19.2 Å². The van der Waals surface area contributed by atoms with Gasteiger partial charge in [0.25, 0.3) is 0 Å². The second kappa shape index (κ2) is 9.38. The summed E-state index contributed by atoms with van der Waals surface area (Å²) in [5, 5.41) is 7.71. The van der Waals surface area contributed by atoms with E-state index >= 15 is 0 Å². The van der Waals surface area contributed by atoms with Crippen molar-refractivity contribution in [2.75, 3.05) is 59.8 Å². The predicted molar refractivity (Wildman–Crippen MR) is 119 cm³/mol. The first kappa shape index (κ1) is 21.1. The van der Waals surface area contributed by atoms with Gasteiger partial charge in [-0.1, -0.05) is 11.2 Å². The fourth-order valence-electron chi connectivity index (χ4n) is 4.80. The lowest BCUT2D eigenvalue weighted by molar-refractivity contribution is 0.0509. The van der Waals surface area contributed by atoms with Crippen LogP contribution in [0, 0.1) is 0 Å². The Morgan fingerprint density at radius 3 is 2.66 bits per heavy atom. The number of rotatable bonds is 5. The molecule has 1 N–H and O–H groups in total. The Morgan fingerprint density at radius 2 is 1.91 bits per heavy atom. The molecule has 2 fully saturated rings. The van der Waals surface area contributed by atoms with Gasteiger partial charge in [-0.15, -0.1) is 0 Å². The summed E-state index contributed by atoms with van der Waals surface area (Å²) in [7, 11) is 1.86. The first-order valence-electron chi connectivity index (χ1n) is 11.3. The molecule has 4 heterocycles. The van der Waals surface area contributed by atoms with E-state index in [-0.39, 0.29) is 5.41 Å². The molecule has 0 atom stereocenters. The molecule has 1 aromatic heterocycles. The summed E-state index contributed by atoms with van der Waals surface area (Å²) < 4.78 is 21.8. The van der Waals surface area contributed by atoms with Crippen LogP contribution in [0.2, 0.25) is 0 Å². The van der Waals surface area contributed by atoms with E-state index in [9.17, 15) is 0 Å². The monoisotopic (exact) mass is 441 g/mol. The minimum atomic E-state index is -0.0239. The van der Waals surface area contributed by atoms with Gasteiger partial charge in [0.1, 0.15) is 6.26 Å². The number of fused-ring (bicyclic) bond motifs is 1. The molecular weight excluding hydrogens is 410 g/mol. The highest BCUT2D eigenvalue weighted by Gasteiger charge is 2.36. The molecule has 9 nitrogen and oxygen atoms in total. The Morgan fingerprint density at radius 1 is 1.09 bits per heavy atom. The maximum Gasteiger partial charge on any atom is 0.231 e. The molecule has 9 heteroatoms. The normalized spacial score (nSPS) is 21.0. The smallest absolute Gasteiger partial charge is 0.231 e. The van der Waals surface area contributed by atoms with Crippen LogP contribution >= 0.6 is 0 Å². The fourth-order valence-corrected chi connectivity index (χ4v) is 4.80. The number of piperazine rings is 1. The van der Waals surface area contributed by atoms with Crippen molar-refractivity contribution in [1.82, 2.24) is 20.3 Å². The Hall–Kier alpha value is -2.78. The average molecular weight is 442 g/mol. The molecule has 32 heavy (non-hydrogen) atoms. The van der Waals surface area contributed by atoms with Crippen molar-refractivity contribution in [3.05, 3.63) is 41.8 Å². The number of benzene rings is 1. The van der Waals surface area contributed by atoms with Crippen LogP contribution in [0.5, 0.6) is 11.5 Å². The third kappa shape index (κ3) is 4.40. The molecule has 0 spiro atoms. The topological polar surface area (TPSA) is 84.6 Å². The second-order valence-electron chi connectivity index (χ2n) is 8.62. The summed E-state index contributed by atoms with van der Waals surface area (Å²) in [6, 6.07) is 8.26. The standard InChI is InChI=1S/C23H31N5O4/c1-24-22(28-9-7-27(8-10-28)15-19-4-11-32-26-19)25-16-23(5-12-29-13-6-23)18-2-3-20-21(14-18)31-17-30-20/h2-4,11,14H,5-10,12-13,15-17H2,1H3,(H,24,25). The van der Waals surface area contributed by atoms with Gasteiger partial charge in [0.05, 0.1) is 5.69 Å². The van der Waals surface area contributed by atoms with Crippen LogP contribution in [0.15, 0.2) is 40.0 Å². The van der Waals surface area contributed by atoms with Crippen molar-refractivity contribution >= 4 is 5.96 Å². The number of aromatic nitrogens is 1. The summed E-state index contributed by atoms with van der Waals surface area (Å²) in [6.07, 6.45) is 3.55. The van der Waals surface area contributed by atoms with Gasteiger partial charge in [0, 0.05) is 71.0 Å². The maximum absolute atomic E-state index is 5.70. The van der Waals surface area contributed by atoms with Crippen molar-refractivity contribution in [2.45, 2.75) is 24.8 Å². The molecule has 172 valence electrons. The molecule has 0 saturated carbocycles. The van der Waals surface area contributed by atoms with Crippen molar-refractivity contribution < 1.29 is 18.7 Å². The second-order valence-corrected chi connectivity index (χ2v) is 8.62. The zero-order valence-corrected chi connectivity index (χ0v) is 18.6. The van der Waals surface area contributed by atoms with E-state index in [0.29, 0.717) is 6.79 Å². The Balaban J connectivity index is 1.23. The molecule has 2 saturated heterocycles.